The summed E-state index contributed by atoms with van der Waals surface area (Å²) in [6.45, 7) is 1.96. The highest BCUT2D eigenvalue weighted by atomic mass is 32.2. The second-order valence-corrected chi connectivity index (χ2v) is 9.31. The standard InChI is InChI=1S/C22H26N4O5S/c1-16(27)25-18-7-9-19(10-8-18)32(30,31)26-14-13-24-22(29)20(26)15-21(28)23-12-11-17-5-3-2-4-6-17/h2-10,20H,11-15H2,1H3,(H,23,28)(H,24,29)(H,25,27). The molecule has 2 aromatic carbocycles. The number of nitrogens with zero attached hydrogens (tertiary/aromatic N) is 1. The first kappa shape index (κ1) is 23.4. The van der Waals surface area contributed by atoms with Gasteiger partial charge in [0.05, 0.1) is 11.3 Å². The topological polar surface area (TPSA) is 125 Å². The Hall–Kier alpha value is -3.24. The number of nitrogens with one attached hydrogen (secondary N) is 3. The predicted octanol–water partition coefficient (Wildman–Crippen LogP) is 0.883. The van der Waals surface area contributed by atoms with Gasteiger partial charge in [0.25, 0.3) is 0 Å². The molecule has 0 saturated carbocycles. The SMILES string of the molecule is CC(=O)Nc1ccc(S(=O)(=O)N2CCNC(=O)C2CC(=O)NCCc2ccccc2)cc1. The van der Waals surface area contributed by atoms with Crippen molar-refractivity contribution >= 4 is 33.4 Å². The van der Waals surface area contributed by atoms with E-state index in [1.54, 1.807) is 0 Å². The van der Waals surface area contributed by atoms with Crippen molar-refractivity contribution in [2.45, 2.75) is 30.7 Å². The number of hydrogen-bond donors (Lipinski definition) is 3. The van der Waals surface area contributed by atoms with Crippen LogP contribution in [0.4, 0.5) is 5.69 Å². The van der Waals surface area contributed by atoms with E-state index >= 15 is 0 Å². The first-order valence-electron chi connectivity index (χ1n) is 10.3. The Balaban J connectivity index is 1.68. The van der Waals surface area contributed by atoms with Gasteiger partial charge < -0.3 is 16.0 Å². The Morgan fingerprint density at radius 2 is 1.78 bits per heavy atom. The van der Waals surface area contributed by atoms with Crippen LogP contribution in [-0.2, 0) is 30.8 Å². The predicted molar refractivity (Wildman–Crippen MR) is 119 cm³/mol. The van der Waals surface area contributed by atoms with Crippen LogP contribution in [0.15, 0.2) is 59.5 Å². The lowest BCUT2D eigenvalue weighted by Gasteiger charge is -2.33. The first-order chi connectivity index (χ1) is 15.3. The average Bonchev–Trinajstić information content (AvgIpc) is 2.76. The number of carbonyl (C=O) groups is 3. The minimum Gasteiger partial charge on any atom is -0.356 e. The van der Waals surface area contributed by atoms with Crippen molar-refractivity contribution in [3.05, 3.63) is 60.2 Å². The summed E-state index contributed by atoms with van der Waals surface area (Å²) < 4.78 is 27.4. The molecule has 2 aromatic rings. The molecule has 9 nitrogen and oxygen atoms in total. The molecule has 3 N–H and O–H groups in total. The molecule has 170 valence electrons. The zero-order valence-corrected chi connectivity index (χ0v) is 18.5. The minimum atomic E-state index is -4.02. The van der Waals surface area contributed by atoms with E-state index in [9.17, 15) is 22.8 Å². The summed E-state index contributed by atoms with van der Waals surface area (Å²) in [5, 5.41) is 7.96. The second kappa shape index (κ2) is 10.4. The van der Waals surface area contributed by atoms with E-state index in [2.05, 4.69) is 16.0 Å². The lowest BCUT2D eigenvalue weighted by Crippen LogP contribution is -2.58. The normalized spacial score (nSPS) is 16.8. The van der Waals surface area contributed by atoms with Crippen LogP contribution >= 0.6 is 0 Å². The van der Waals surface area contributed by atoms with Crippen LogP contribution in [0.3, 0.4) is 0 Å². The van der Waals surface area contributed by atoms with E-state index in [0.717, 1.165) is 9.87 Å². The van der Waals surface area contributed by atoms with E-state index in [1.807, 2.05) is 30.3 Å². The lowest BCUT2D eigenvalue weighted by molar-refractivity contribution is -0.131. The van der Waals surface area contributed by atoms with Gasteiger partial charge in [0.15, 0.2) is 0 Å². The van der Waals surface area contributed by atoms with Crippen molar-refractivity contribution in [3.8, 4) is 0 Å². The Morgan fingerprint density at radius 1 is 1.09 bits per heavy atom. The van der Waals surface area contributed by atoms with Crippen molar-refractivity contribution in [1.82, 2.24) is 14.9 Å². The molecule has 0 aliphatic carbocycles. The molecule has 0 spiro atoms. The molecule has 3 amide bonds. The number of piperazine rings is 1. The number of rotatable bonds is 8. The highest BCUT2D eigenvalue weighted by Gasteiger charge is 2.39. The van der Waals surface area contributed by atoms with Gasteiger partial charge in [-0.1, -0.05) is 30.3 Å². The smallest absolute Gasteiger partial charge is 0.243 e. The average molecular weight is 459 g/mol. The van der Waals surface area contributed by atoms with E-state index in [1.165, 1.54) is 31.2 Å². The molecule has 0 aromatic heterocycles. The Morgan fingerprint density at radius 3 is 2.44 bits per heavy atom. The fraction of sp³-hybridized carbons (Fsp3) is 0.318. The van der Waals surface area contributed by atoms with Crippen LogP contribution in [0.5, 0.6) is 0 Å². The Labute approximate surface area is 187 Å². The Bertz CT molecular complexity index is 1070. The summed E-state index contributed by atoms with van der Waals surface area (Å²) in [6, 6.07) is 14.2. The summed E-state index contributed by atoms with van der Waals surface area (Å²) in [5.74, 6) is -1.18. The van der Waals surface area contributed by atoms with Gasteiger partial charge in [0.1, 0.15) is 6.04 Å². The van der Waals surface area contributed by atoms with E-state index in [0.29, 0.717) is 18.7 Å². The van der Waals surface area contributed by atoms with Crippen LogP contribution in [0.1, 0.15) is 18.9 Å². The van der Waals surface area contributed by atoms with Crippen molar-refractivity contribution in [2.24, 2.45) is 0 Å². The third-order valence-electron chi connectivity index (χ3n) is 5.02. The molecule has 0 radical (unpaired) electrons. The van der Waals surface area contributed by atoms with Crippen molar-refractivity contribution < 1.29 is 22.8 Å². The fourth-order valence-corrected chi connectivity index (χ4v) is 5.05. The molecule has 1 heterocycles. The molecule has 10 heteroatoms. The summed E-state index contributed by atoms with van der Waals surface area (Å²) >= 11 is 0. The molecule has 1 atom stereocenters. The van der Waals surface area contributed by atoms with Gasteiger partial charge in [-0.25, -0.2) is 8.42 Å². The molecule has 1 aliphatic rings. The second-order valence-electron chi connectivity index (χ2n) is 7.42. The number of benzene rings is 2. The quantitative estimate of drug-likeness (QED) is 0.542. The van der Waals surface area contributed by atoms with Gasteiger partial charge in [0, 0.05) is 32.2 Å². The van der Waals surface area contributed by atoms with Gasteiger partial charge in [-0.2, -0.15) is 4.31 Å². The third-order valence-corrected chi connectivity index (χ3v) is 6.94. The van der Waals surface area contributed by atoms with E-state index < -0.39 is 27.9 Å². The van der Waals surface area contributed by atoms with Crippen molar-refractivity contribution in [1.29, 1.82) is 0 Å². The Kier molecular flexibility index (Phi) is 7.60. The molecular formula is C22H26N4O5S. The molecule has 32 heavy (non-hydrogen) atoms. The van der Waals surface area contributed by atoms with E-state index in [4.69, 9.17) is 0 Å². The molecule has 3 rings (SSSR count). The highest BCUT2D eigenvalue weighted by Crippen LogP contribution is 2.23. The number of anilines is 1. The number of carbonyl (C=O) groups excluding carboxylic acids is 3. The maximum Gasteiger partial charge on any atom is 0.243 e. The van der Waals surface area contributed by atoms with Gasteiger partial charge in [0.2, 0.25) is 27.7 Å². The van der Waals surface area contributed by atoms with Gasteiger partial charge >= 0.3 is 0 Å². The third kappa shape index (κ3) is 5.92. The van der Waals surface area contributed by atoms with Crippen LogP contribution in [0, 0.1) is 0 Å². The molecule has 1 saturated heterocycles. The van der Waals surface area contributed by atoms with Gasteiger partial charge in [-0.3, -0.25) is 14.4 Å². The fourth-order valence-electron chi connectivity index (χ4n) is 3.46. The molecule has 1 aliphatic heterocycles. The summed E-state index contributed by atoms with van der Waals surface area (Å²) in [4.78, 5) is 36.0. The monoisotopic (exact) mass is 458 g/mol. The molecule has 1 fully saturated rings. The molecular weight excluding hydrogens is 432 g/mol. The summed E-state index contributed by atoms with van der Waals surface area (Å²) in [7, 11) is -4.02. The van der Waals surface area contributed by atoms with E-state index in [-0.39, 0.29) is 30.3 Å². The first-order valence-corrected chi connectivity index (χ1v) is 11.7. The maximum absolute atomic E-state index is 13.2. The van der Waals surface area contributed by atoms with Crippen LogP contribution in [-0.4, -0.2) is 56.1 Å². The van der Waals surface area contributed by atoms with Crippen LogP contribution in [0.25, 0.3) is 0 Å². The zero-order chi connectivity index (χ0) is 23.1. The lowest BCUT2D eigenvalue weighted by atomic mass is 10.1. The van der Waals surface area contributed by atoms with Crippen LogP contribution < -0.4 is 16.0 Å². The maximum atomic E-state index is 13.2. The molecule has 1 unspecified atom stereocenters. The largest absolute Gasteiger partial charge is 0.356 e. The van der Waals surface area contributed by atoms with Gasteiger partial charge in [-0.05, 0) is 36.2 Å². The number of sulfonamides is 1. The van der Waals surface area contributed by atoms with Crippen LogP contribution in [0.2, 0.25) is 0 Å². The molecule has 0 bridgehead atoms. The zero-order valence-electron chi connectivity index (χ0n) is 17.7. The number of amides is 3. The van der Waals surface area contributed by atoms with Crippen molar-refractivity contribution in [2.75, 3.05) is 25.0 Å². The minimum absolute atomic E-state index is 0.0178. The van der Waals surface area contributed by atoms with Gasteiger partial charge in [-0.15, -0.1) is 0 Å². The van der Waals surface area contributed by atoms with Crippen molar-refractivity contribution in [3.63, 3.8) is 0 Å². The summed E-state index contributed by atoms with van der Waals surface area (Å²) in [5.41, 5.74) is 1.53. The highest BCUT2D eigenvalue weighted by molar-refractivity contribution is 7.89. The summed E-state index contributed by atoms with van der Waals surface area (Å²) in [6.07, 6.45) is 0.357. The number of hydrogen-bond acceptors (Lipinski definition) is 5.